The Morgan fingerprint density at radius 2 is 1.95 bits per heavy atom. The van der Waals surface area contributed by atoms with Crippen molar-refractivity contribution in [3.05, 3.63) is 54.7 Å². The molecule has 4 rings (SSSR count). The number of hydrogen-bond acceptors (Lipinski definition) is 4. The molecule has 0 saturated heterocycles. The summed E-state index contributed by atoms with van der Waals surface area (Å²) >= 11 is 1.51. The highest BCUT2D eigenvalue weighted by Crippen LogP contribution is 2.31. The van der Waals surface area contributed by atoms with Gasteiger partial charge in [-0.1, -0.05) is 6.07 Å². The van der Waals surface area contributed by atoms with Crippen molar-refractivity contribution >= 4 is 22.4 Å². The Morgan fingerprint density at radius 3 is 2.76 bits per heavy atom. The summed E-state index contributed by atoms with van der Waals surface area (Å²) in [6.45, 7) is 0. The Kier molecular flexibility index (Phi) is 2.75. The van der Waals surface area contributed by atoms with E-state index in [0.717, 1.165) is 15.4 Å². The lowest BCUT2D eigenvalue weighted by Crippen LogP contribution is -1.76. The Morgan fingerprint density at radius 1 is 1.10 bits per heavy atom. The van der Waals surface area contributed by atoms with E-state index in [4.69, 9.17) is 0 Å². The fourth-order valence-electron chi connectivity index (χ4n) is 2.13. The molecule has 0 atom stereocenters. The van der Waals surface area contributed by atoms with Crippen LogP contribution in [0, 0.1) is 5.82 Å². The van der Waals surface area contributed by atoms with Crippen molar-refractivity contribution in [3.8, 4) is 21.3 Å². The summed E-state index contributed by atoms with van der Waals surface area (Å²) in [6, 6.07) is 8.68. The number of fused-ring (bicyclic) bond motifs is 1. The highest BCUT2D eigenvalue weighted by molar-refractivity contribution is 7.18. The number of nitrogens with zero attached hydrogens (tertiary/aromatic N) is 3. The van der Waals surface area contributed by atoms with Gasteiger partial charge in [-0.15, -0.1) is 11.3 Å². The van der Waals surface area contributed by atoms with E-state index in [1.54, 1.807) is 30.7 Å². The Balaban J connectivity index is 1.79. The molecule has 102 valence electrons. The molecule has 0 spiro atoms. The topological polar surface area (TPSA) is 54.5 Å². The molecule has 3 heterocycles. The highest BCUT2D eigenvalue weighted by atomic mass is 32.1. The molecule has 4 aromatic rings. The van der Waals surface area contributed by atoms with E-state index in [0.29, 0.717) is 16.9 Å². The molecule has 0 aliphatic rings. The standard InChI is InChI=1S/C15H9FN4S/c16-10-2-1-3-11-13(10)20-14(19-11)12-8-18-15(21-12)9-4-6-17-7-5-9/h1-8H,(H,19,20). The van der Waals surface area contributed by atoms with Crippen molar-refractivity contribution in [2.45, 2.75) is 0 Å². The van der Waals surface area contributed by atoms with E-state index >= 15 is 0 Å². The predicted octanol–water partition coefficient (Wildman–Crippen LogP) is 3.89. The number of H-pyrrole nitrogens is 1. The predicted molar refractivity (Wildman–Crippen MR) is 80.4 cm³/mol. The first kappa shape index (κ1) is 12.2. The fraction of sp³-hybridized carbons (Fsp3) is 0. The maximum absolute atomic E-state index is 13.7. The number of aromatic amines is 1. The zero-order chi connectivity index (χ0) is 14.2. The van der Waals surface area contributed by atoms with Gasteiger partial charge in [0.1, 0.15) is 16.3 Å². The molecule has 0 radical (unpaired) electrons. The minimum atomic E-state index is -0.325. The summed E-state index contributed by atoms with van der Waals surface area (Å²) in [6.07, 6.45) is 5.20. The third-order valence-corrected chi connectivity index (χ3v) is 4.18. The second-order valence-electron chi connectivity index (χ2n) is 4.49. The van der Waals surface area contributed by atoms with Gasteiger partial charge in [0.2, 0.25) is 0 Å². The van der Waals surface area contributed by atoms with E-state index in [2.05, 4.69) is 19.9 Å². The fourth-order valence-corrected chi connectivity index (χ4v) is 2.99. The number of rotatable bonds is 2. The Hall–Kier alpha value is -2.60. The lowest BCUT2D eigenvalue weighted by molar-refractivity contribution is 0.637. The minimum absolute atomic E-state index is 0.325. The lowest BCUT2D eigenvalue weighted by Gasteiger charge is -1.92. The van der Waals surface area contributed by atoms with Crippen molar-refractivity contribution in [3.63, 3.8) is 0 Å². The number of para-hydroxylation sites is 1. The minimum Gasteiger partial charge on any atom is -0.337 e. The third kappa shape index (κ3) is 2.09. The average Bonchev–Trinajstić information content (AvgIpc) is 3.15. The molecule has 21 heavy (non-hydrogen) atoms. The van der Waals surface area contributed by atoms with Gasteiger partial charge < -0.3 is 4.98 Å². The molecule has 1 N–H and O–H groups in total. The monoisotopic (exact) mass is 296 g/mol. The first-order valence-electron chi connectivity index (χ1n) is 6.32. The number of nitrogens with one attached hydrogen (secondary N) is 1. The van der Waals surface area contributed by atoms with Crippen LogP contribution < -0.4 is 0 Å². The smallest absolute Gasteiger partial charge is 0.151 e. The van der Waals surface area contributed by atoms with Gasteiger partial charge in [-0.2, -0.15) is 0 Å². The SMILES string of the molecule is Fc1cccc2[nH]c(-c3cnc(-c4ccncc4)s3)nc12. The third-order valence-electron chi connectivity index (χ3n) is 3.13. The molecule has 0 fully saturated rings. The number of pyridine rings is 1. The van der Waals surface area contributed by atoms with Crippen LogP contribution in [0.3, 0.4) is 0 Å². The second kappa shape index (κ2) is 4.75. The normalized spacial score (nSPS) is 11.1. The van der Waals surface area contributed by atoms with E-state index in [1.807, 2.05) is 12.1 Å². The van der Waals surface area contributed by atoms with Crippen LogP contribution in [0.2, 0.25) is 0 Å². The van der Waals surface area contributed by atoms with Gasteiger partial charge in [-0.05, 0) is 24.3 Å². The van der Waals surface area contributed by atoms with Gasteiger partial charge in [0.25, 0.3) is 0 Å². The van der Waals surface area contributed by atoms with Gasteiger partial charge in [0, 0.05) is 24.2 Å². The van der Waals surface area contributed by atoms with E-state index < -0.39 is 0 Å². The summed E-state index contributed by atoms with van der Waals surface area (Å²) in [5.74, 6) is 0.307. The Bertz CT molecular complexity index is 914. The van der Waals surface area contributed by atoms with Crippen LogP contribution in [-0.2, 0) is 0 Å². The van der Waals surface area contributed by atoms with E-state index in [1.165, 1.54) is 17.4 Å². The van der Waals surface area contributed by atoms with Gasteiger partial charge in [-0.3, -0.25) is 4.98 Å². The quantitative estimate of drug-likeness (QED) is 0.610. The van der Waals surface area contributed by atoms with Crippen LogP contribution >= 0.6 is 11.3 Å². The molecule has 6 heteroatoms. The molecule has 4 nitrogen and oxygen atoms in total. The zero-order valence-electron chi connectivity index (χ0n) is 10.7. The molecule has 0 aliphatic heterocycles. The molecule has 0 saturated carbocycles. The van der Waals surface area contributed by atoms with Crippen LogP contribution in [0.1, 0.15) is 0 Å². The first-order chi connectivity index (χ1) is 10.3. The van der Waals surface area contributed by atoms with Crippen LogP contribution in [0.5, 0.6) is 0 Å². The molecule has 1 aromatic carbocycles. The van der Waals surface area contributed by atoms with Crippen molar-refractivity contribution in [1.82, 2.24) is 19.9 Å². The molecule has 3 aromatic heterocycles. The summed E-state index contributed by atoms with van der Waals surface area (Å²) < 4.78 is 13.7. The number of benzene rings is 1. The molecule has 0 bridgehead atoms. The van der Waals surface area contributed by atoms with Crippen molar-refractivity contribution in [2.75, 3.05) is 0 Å². The maximum atomic E-state index is 13.7. The number of halogens is 1. The van der Waals surface area contributed by atoms with Gasteiger partial charge in [0.15, 0.2) is 5.82 Å². The number of imidazole rings is 1. The second-order valence-corrected chi connectivity index (χ2v) is 5.52. The molecule has 0 amide bonds. The first-order valence-corrected chi connectivity index (χ1v) is 7.14. The molecular formula is C15H9FN4S. The summed E-state index contributed by atoms with van der Waals surface area (Å²) in [5, 5.41) is 0.883. The van der Waals surface area contributed by atoms with Crippen LogP contribution in [0.25, 0.3) is 32.3 Å². The van der Waals surface area contributed by atoms with E-state index in [-0.39, 0.29) is 5.82 Å². The van der Waals surface area contributed by atoms with Gasteiger partial charge in [-0.25, -0.2) is 14.4 Å². The van der Waals surface area contributed by atoms with Crippen molar-refractivity contribution in [2.24, 2.45) is 0 Å². The van der Waals surface area contributed by atoms with Crippen LogP contribution in [0.15, 0.2) is 48.9 Å². The van der Waals surface area contributed by atoms with E-state index in [9.17, 15) is 4.39 Å². The van der Waals surface area contributed by atoms with Crippen LogP contribution in [0.4, 0.5) is 4.39 Å². The van der Waals surface area contributed by atoms with Crippen molar-refractivity contribution < 1.29 is 4.39 Å². The van der Waals surface area contributed by atoms with Crippen LogP contribution in [-0.4, -0.2) is 19.9 Å². The maximum Gasteiger partial charge on any atom is 0.151 e. The van der Waals surface area contributed by atoms with Crippen molar-refractivity contribution in [1.29, 1.82) is 0 Å². The Labute approximate surface area is 123 Å². The average molecular weight is 296 g/mol. The zero-order valence-corrected chi connectivity index (χ0v) is 11.6. The lowest BCUT2D eigenvalue weighted by atomic mass is 10.3. The number of hydrogen-bond donors (Lipinski definition) is 1. The summed E-state index contributed by atoms with van der Waals surface area (Å²) in [4.78, 5) is 16.7. The highest BCUT2D eigenvalue weighted by Gasteiger charge is 2.12. The number of thiazole rings is 1. The molecule has 0 unspecified atom stereocenters. The largest absolute Gasteiger partial charge is 0.337 e. The summed E-state index contributed by atoms with van der Waals surface area (Å²) in [5.41, 5.74) is 2.04. The summed E-state index contributed by atoms with van der Waals surface area (Å²) in [7, 11) is 0. The molecular weight excluding hydrogens is 287 g/mol. The number of aromatic nitrogens is 4. The van der Waals surface area contributed by atoms with Gasteiger partial charge in [0.05, 0.1) is 10.4 Å². The van der Waals surface area contributed by atoms with Gasteiger partial charge >= 0.3 is 0 Å². The molecule has 0 aliphatic carbocycles.